The van der Waals surface area contributed by atoms with Gasteiger partial charge in [0, 0.05) is 18.7 Å². The van der Waals surface area contributed by atoms with Crippen LogP contribution in [-0.4, -0.2) is 35.9 Å². The van der Waals surface area contributed by atoms with E-state index in [2.05, 4.69) is 15.0 Å². The molecule has 0 spiro atoms. The molecule has 1 amide bonds. The quantitative estimate of drug-likeness (QED) is 0.747. The van der Waals surface area contributed by atoms with Gasteiger partial charge < -0.3 is 20.3 Å². The number of hydrogen-bond donors (Lipinski definition) is 2. The maximum absolute atomic E-state index is 11.7. The molecule has 6 nitrogen and oxygen atoms in total. The normalized spacial score (nSPS) is 28.5. The molecule has 0 aliphatic heterocycles. The second kappa shape index (κ2) is 4.63. The van der Waals surface area contributed by atoms with Crippen molar-refractivity contribution in [3.05, 3.63) is 18.0 Å². The van der Waals surface area contributed by atoms with Gasteiger partial charge in [-0.3, -0.25) is 4.79 Å². The van der Waals surface area contributed by atoms with Gasteiger partial charge in [-0.2, -0.15) is 0 Å². The first-order valence-corrected chi connectivity index (χ1v) is 5.30. The molecular weight excluding hydrogens is 210 g/mol. The second-order valence-corrected chi connectivity index (χ2v) is 3.78. The molecule has 0 saturated heterocycles. The number of nitrogens with zero attached hydrogens (tertiary/aromatic N) is 1. The summed E-state index contributed by atoms with van der Waals surface area (Å²) in [5.41, 5.74) is 6.07. The van der Waals surface area contributed by atoms with Crippen LogP contribution in [0, 0.1) is 0 Å². The average Bonchev–Trinajstić information content (AvgIpc) is 2.79. The molecule has 1 aliphatic carbocycles. The number of hydrogen-bond acceptors (Lipinski definition) is 5. The number of carbonyl (C=O) groups is 1. The summed E-state index contributed by atoms with van der Waals surface area (Å²) < 4.78 is 10.0. The summed E-state index contributed by atoms with van der Waals surface area (Å²) in [4.78, 5) is 11.7. The van der Waals surface area contributed by atoms with E-state index in [0.717, 1.165) is 6.42 Å². The molecule has 1 fully saturated rings. The number of nitrogens with one attached hydrogen (secondary N) is 1. The summed E-state index contributed by atoms with van der Waals surface area (Å²) in [5, 5.41) is 6.35. The molecule has 0 aromatic carbocycles. The maximum atomic E-state index is 11.7. The number of rotatable bonds is 4. The third-order valence-electron chi connectivity index (χ3n) is 2.72. The molecule has 1 aromatic heterocycles. The van der Waals surface area contributed by atoms with E-state index < -0.39 is 0 Å². The van der Waals surface area contributed by atoms with Crippen molar-refractivity contribution in [3.8, 4) is 0 Å². The third-order valence-corrected chi connectivity index (χ3v) is 2.72. The number of aromatic nitrogens is 1. The number of carbonyl (C=O) groups excluding carboxylic acids is 1. The molecule has 0 bridgehead atoms. The van der Waals surface area contributed by atoms with Crippen LogP contribution in [0.15, 0.2) is 16.9 Å². The molecule has 2 rings (SSSR count). The van der Waals surface area contributed by atoms with Gasteiger partial charge in [0.25, 0.3) is 5.91 Å². The minimum atomic E-state index is -0.279. The molecule has 1 aromatic rings. The number of ether oxygens (including phenoxy) is 1. The molecule has 0 radical (unpaired) electrons. The van der Waals surface area contributed by atoms with Crippen molar-refractivity contribution in [3.63, 3.8) is 0 Å². The summed E-state index contributed by atoms with van der Waals surface area (Å²) in [6.45, 7) is 2.54. The number of nitrogens with two attached hydrogens (primary N) is 1. The van der Waals surface area contributed by atoms with Crippen molar-refractivity contribution in [2.75, 3.05) is 6.61 Å². The van der Waals surface area contributed by atoms with Crippen LogP contribution in [0.2, 0.25) is 0 Å². The molecule has 1 saturated carbocycles. The lowest BCUT2D eigenvalue weighted by Gasteiger charge is -2.42. The highest BCUT2D eigenvalue weighted by atomic mass is 16.5. The summed E-state index contributed by atoms with van der Waals surface area (Å²) in [5.74, 6) is -0.279. The average molecular weight is 225 g/mol. The van der Waals surface area contributed by atoms with Crippen molar-refractivity contribution in [2.45, 2.75) is 31.5 Å². The van der Waals surface area contributed by atoms with Crippen LogP contribution in [0.4, 0.5) is 0 Å². The fourth-order valence-corrected chi connectivity index (χ4v) is 1.78. The van der Waals surface area contributed by atoms with E-state index in [9.17, 15) is 4.79 Å². The molecule has 88 valence electrons. The largest absolute Gasteiger partial charge is 0.376 e. The SMILES string of the molecule is CCOC1CC(N)C1NC(=O)c1ccon1. The van der Waals surface area contributed by atoms with Gasteiger partial charge in [0.15, 0.2) is 5.69 Å². The van der Waals surface area contributed by atoms with Crippen molar-refractivity contribution in [1.29, 1.82) is 0 Å². The lowest BCUT2D eigenvalue weighted by Crippen LogP contribution is -2.64. The molecule has 3 atom stereocenters. The Morgan fingerprint density at radius 1 is 1.81 bits per heavy atom. The fraction of sp³-hybridized carbons (Fsp3) is 0.600. The predicted octanol–water partition coefficient (Wildman–Crippen LogP) is -0.0909. The van der Waals surface area contributed by atoms with E-state index in [4.69, 9.17) is 10.5 Å². The minimum Gasteiger partial charge on any atom is -0.376 e. The predicted molar refractivity (Wildman–Crippen MR) is 55.8 cm³/mol. The van der Waals surface area contributed by atoms with E-state index in [1.165, 1.54) is 12.3 Å². The Hall–Kier alpha value is -1.40. The van der Waals surface area contributed by atoms with Crippen molar-refractivity contribution in [1.82, 2.24) is 10.5 Å². The molecular formula is C10H15N3O3. The Kier molecular flexibility index (Phi) is 3.21. The lowest BCUT2D eigenvalue weighted by atomic mass is 9.83. The third kappa shape index (κ3) is 2.07. The Labute approximate surface area is 93.1 Å². The zero-order valence-corrected chi connectivity index (χ0v) is 9.05. The smallest absolute Gasteiger partial charge is 0.273 e. The molecule has 3 N–H and O–H groups in total. The van der Waals surface area contributed by atoms with Gasteiger partial charge in [0.1, 0.15) is 6.26 Å². The fourth-order valence-electron chi connectivity index (χ4n) is 1.78. The monoisotopic (exact) mass is 225 g/mol. The standard InChI is InChI=1S/C10H15N3O3/c1-2-15-8-5-6(11)9(8)12-10(14)7-3-4-16-13-7/h3-4,6,8-9H,2,5,11H2,1H3,(H,12,14). The second-order valence-electron chi connectivity index (χ2n) is 3.78. The summed E-state index contributed by atoms with van der Waals surface area (Å²) in [6, 6.07) is 1.33. The highest BCUT2D eigenvalue weighted by molar-refractivity contribution is 5.92. The molecule has 6 heteroatoms. The van der Waals surface area contributed by atoms with Gasteiger partial charge in [0.2, 0.25) is 0 Å². The van der Waals surface area contributed by atoms with Crippen molar-refractivity contribution < 1.29 is 14.1 Å². The first-order chi connectivity index (χ1) is 7.72. The summed E-state index contributed by atoms with van der Waals surface area (Å²) in [7, 11) is 0. The molecule has 1 heterocycles. The van der Waals surface area contributed by atoms with Crippen LogP contribution < -0.4 is 11.1 Å². The summed E-state index contributed by atoms with van der Waals surface area (Å²) in [6.07, 6.45) is 2.14. The highest BCUT2D eigenvalue weighted by Crippen LogP contribution is 2.22. The van der Waals surface area contributed by atoms with Crippen LogP contribution in [0.5, 0.6) is 0 Å². The first-order valence-electron chi connectivity index (χ1n) is 5.30. The van der Waals surface area contributed by atoms with E-state index >= 15 is 0 Å². The van der Waals surface area contributed by atoms with Crippen molar-refractivity contribution in [2.24, 2.45) is 5.73 Å². The van der Waals surface area contributed by atoms with Gasteiger partial charge in [0.05, 0.1) is 12.1 Å². The topological polar surface area (TPSA) is 90.4 Å². The maximum Gasteiger partial charge on any atom is 0.273 e. The Morgan fingerprint density at radius 3 is 3.19 bits per heavy atom. The van der Waals surface area contributed by atoms with E-state index in [-0.39, 0.29) is 29.8 Å². The molecule has 16 heavy (non-hydrogen) atoms. The Bertz CT molecular complexity index is 350. The van der Waals surface area contributed by atoms with Crippen LogP contribution in [-0.2, 0) is 4.74 Å². The Balaban J connectivity index is 1.91. The van der Waals surface area contributed by atoms with Gasteiger partial charge in [-0.15, -0.1) is 0 Å². The van der Waals surface area contributed by atoms with Gasteiger partial charge in [-0.05, 0) is 13.3 Å². The van der Waals surface area contributed by atoms with E-state index in [1.54, 1.807) is 0 Å². The van der Waals surface area contributed by atoms with E-state index in [1.807, 2.05) is 6.92 Å². The lowest BCUT2D eigenvalue weighted by molar-refractivity contribution is -0.0301. The van der Waals surface area contributed by atoms with E-state index in [0.29, 0.717) is 6.61 Å². The Morgan fingerprint density at radius 2 is 2.62 bits per heavy atom. The summed E-state index contributed by atoms with van der Waals surface area (Å²) >= 11 is 0. The molecule has 1 aliphatic rings. The number of amides is 1. The van der Waals surface area contributed by atoms with Crippen molar-refractivity contribution >= 4 is 5.91 Å². The van der Waals surface area contributed by atoms with Crippen LogP contribution in [0.3, 0.4) is 0 Å². The molecule has 3 unspecified atom stereocenters. The van der Waals surface area contributed by atoms with Crippen LogP contribution in [0.25, 0.3) is 0 Å². The minimum absolute atomic E-state index is 0.0100. The highest BCUT2D eigenvalue weighted by Gasteiger charge is 2.40. The van der Waals surface area contributed by atoms with Crippen LogP contribution >= 0.6 is 0 Å². The van der Waals surface area contributed by atoms with Gasteiger partial charge in [-0.25, -0.2) is 0 Å². The first kappa shape index (κ1) is 11.1. The van der Waals surface area contributed by atoms with Gasteiger partial charge >= 0.3 is 0 Å². The van der Waals surface area contributed by atoms with Gasteiger partial charge in [-0.1, -0.05) is 5.16 Å². The zero-order valence-electron chi connectivity index (χ0n) is 9.05. The van der Waals surface area contributed by atoms with Crippen LogP contribution in [0.1, 0.15) is 23.8 Å². The zero-order chi connectivity index (χ0) is 11.5.